The average Bonchev–Trinajstić information content (AvgIpc) is 3.18. The summed E-state index contributed by atoms with van der Waals surface area (Å²) in [5.41, 5.74) is 1.05. The van der Waals surface area contributed by atoms with Crippen LogP contribution in [0.5, 0.6) is 0 Å². The molecule has 0 bridgehead atoms. The lowest BCUT2D eigenvalue weighted by molar-refractivity contribution is -0.0889. The number of hydrogen-bond donors (Lipinski definition) is 0. The standard InChI is InChI=1S/C14H17N3O2S/c1-4-17(5-2-10(1)14-18-6-7-19-14)13-12-11(3-8-20-12)15-9-16-13/h3,8-10,14H,1-2,4-7H2. The van der Waals surface area contributed by atoms with E-state index in [1.165, 1.54) is 4.70 Å². The van der Waals surface area contributed by atoms with Gasteiger partial charge < -0.3 is 14.4 Å². The van der Waals surface area contributed by atoms with Crippen LogP contribution in [-0.2, 0) is 9.47 Å². The number of nitrogens with zero attached hydrogens (tertiary/aromatic N) is 3. The molecular formula is C14H17N3O2S. The second-order valence-corrected chi connectivity index (χ2v) is 6.18. The average molecular weight is 291 g/mol. The van der Waals surface area contributed by atoms with E-state index < -0.39 is 0 Å². The van der Waals surface area contributed by atoms with E-state index in [0.29, 0.717) is 5.92 Å². The predicted molar refractivity (Wildman–Crippen MR) is 78.0 cm³/mol. The summed E-state index contributed by atoms with van der Waals surface area (Å²) in [5.74, 6) is 1.60. The van der Waals surface area contributed by atoms with Gasteiger partial charge in [-0.3, -0.25) is 0 Å². The van der Waals surface area contributed by atoms with Gasteiger partial charge in [0.1, 0.15) is 12.1 Å². The third-order valence-electron chi connectivity index (χ3n) is 4.10. The molecule has 4 rings (SSSR count). The predicted octanol–water partition coefficient (Wildman–Crippen LogP) is 2.28. The smallest absolute Gasteiger partial charge is 0.160 e. The molecule has 4 heterocycles. The lowest BCUT2D eigenvalue weighted by atomic mass is 9.96. The SMILES string of the molecule is c1nc(N2CCC(C3OCCO3)CC2)c2sccc2n1. The molecule has 6 heteroatoms. The Balaban J connectivity index is 1.50. The molecule has 0 radical (unpaired) electrons. The van der Waals surface area contributed by atoms with Gasteiger partial charge in [-0.15, -0.1) is 11.3 Å². The minimum Gasteiger partial charge on any atom is -0.355 e. The molecule has 0 aromatic carbocycles. The summed E-state index contributed by atoms with van der Waals surface area (Å²) in [4.78, 5) is 11.2. The second kappa shape index (κ2) is 5.27. The topological polar surface area (TPSA) is 47.5 Å². The number of aromatic nitrogens is 2. The van der Waals surface area contributed by atoms with Crippen molar-refractivity contribution in [2.24, 2.45) is 5.92 Å². The van der Waals surface area contributed by atoms with Gasteiger partial charge in [0.2, 0.25) is 0 Å². The Hall–Kier alpha value is -1.24. The first-order chi connectivity index (χ1) is 9.92. The normalized spacial score (nSPS) is 21.9. The van der Waals surface area contributed by atoms with E-state index in [2.05, 4.69) is 26.3 Å². The van der Waals surface area contributed by atoms with Crippen LogP contribution in [0.2, 0.25) is 0 Å². The highest BCUT2D eigenvalue weighted by atomic mass is 32.1. The highest BCUT2D eigenvalue weighted by molar-refractivity contribution is 7.17. The molecule has 5 nitrogen and oxygen atoms in total. The number of fused-ring (bicyclic) bond motifs is 1. The number of piperidine rings is 1. The van der Waals surface area contributed by atoms with Gasteiger partial charge in [-0.05, 0) is 24.3 Å². The number of hydrogen-bond acceptors (Lipinski definition) is 6. The van der Waals surface area contributed by atoms with Crippen LogP contribution in [0.25, 0.3) is 10.2 Å². The van der Waals surface area contributed by atoms with Gasteiger partial charge in [0, 0.05) is 19.0 Å². The minimum absolute atomic E-state index is 0.0179. The van der Waals surface area contributed by atoms with E-state index in [1.54, 1.807) is 17.7 Å². The summed E-state index contributed by atoms with van der Waals surface area (Å²) in [5, 5.41) is 2.08. The van der Waals surface area contributed by atoms with Crippen LogP contribution in [0.15, 0.2) is 17.8 Å². The van der Waals surface area contributed by atoms with E-state index >= 15 is 0 Å². The van der Waals surface area contributed by atoms with Crippen molar-refractivity contribution in [1.82, 2.24) is 9.97 Å². The zero-order chi connectivity index (χ0) is 13.4. The Labute approximate surface area is 121 Å². The fourth-order valence-electron chi connectivity index (χ4n) is 3.03. The van der Waals surface area contributed by atoms with Crippen molar-refractivity contribution in [3.05, 3.63) is 17.8 Å². The van der Waals surface area contributed by atoms with Crippen molar-refractivity contribution in [2.75, 3.05) is 31.2 Å². The Bertz CT molecular complexity index is 589. The minimum atomic E-state index is 0.0179. The molecule has 2 aromatic heterocycles. The Morgan fingerprint density at radius 1 is 1.15 bits per heavy atom. The quantitative estimate of drug-likeness (QED) is 0.849. The molecule has 0 amide bonds. The molecule has 2 aliphatic rings. The van der Waals surface area contributed by atoms with Crippen molar-refractivity contribution in [3.8, 4) is 0 Å². The van der Waals surface area contributed by atoms with E-state index in [4.69, 9.17) is 9.47 Å². The van der Waals surface area contributed by atoms with Crippen molar-refractivity contribution in [3.63, 3.8) is 0 Å². The monoisotopic (exact) mass is 291 g/mol. The fraction of sp³-hybridized carbons (Fsp3) is 0.571. The van der Waals surface area contributed by atoms with Crippen LogP contribution in [0.4, 0.5) is 5.82 Å². The molecule has 0 spiro atoms. The van der Waals surface area contributed by atoms with Crippen LogP contribution < -0.4 is 4.90 Å². The highest BCUT2D eigenvalue weighted by Crippen LogP contribution is 2.32. The molecule has 0 N–H and O–H groups in total. The molecule has 0 unspecified atom stereocenters. The highest BCUT2D eigenvalue weighted by Gasteiger charge is 2.31. The van der Waals surface area contributed by atoms with Gasteiger partial charge in [0.15, 0.2) is 6.29 Å². The summed E-state index contributed by atoms with van der Waals surface area (Å²) in [6.07, 6.45) is 3.88. The van der Waals surface area contributed by atoms with Crippen LogP contribution in [0.3, 0.4) is 0 Å². The van der Waals surface area contributed by atoms with Crippen LogP contribution in [0.1, 0.15) is 12.8 Å². The van der Waals surface area contributed by atoms with Gasteiger partial charge in [-0.2, -0.15) is 0 Å². The maximum absolute atomic E-state index is 5.63. The molecule has 2 aliphatic heterocycles. The number of anilines is 1. The summed E-state index contributed by atoms with van der Waals surface area (Å²) < 4.78 is 12.4. The van der Waals surface area contributed by atoms with E-state index in [-0.39, 0.29) is 6.29 Å². The molecule has 2 aromatic rings. The zero-order valence-corrected chi connectivity index (χ0v) is 12.0. The summed E-state index contributed by atoms with van der Waals surface area (Å²) in [6, 6.07) is 2.05. The number of ether oxygens (including phenoxy) is 2. The molecule has 2 saturated heterocycles. The lowest BCUT2D eigenvalue weighted by Gasteiger charge is -2.34. The van der Waals surface area contributed by atoms with Crippen LogP contribution in [0, 0.1) is 5.92 Å². The van der Waals surface area contributed by atoms with E-state index in [9.17, 15) is 0 Å². The van der Waals surface area contributed by atoms with Gasteiger partial charge in [0.05, 0.1) is 23.4 Å². The molecule has 20 heavy (non-hydrogen) atoms. The maximum Gasteiger partial charge on any atom is 0.160 e. The van der Waals surface area contributed by atoms with Crippen molar-refractivity contribution < 1.29 is 9.47 Å². The van der Waals surface area contributed by atoms with E-state index in [0.717, 1.165) is 50.5 Å². The van der Waals surface area contributed by atoms with Crippen molar-refractivity contribution in [1.29, 1.82) is 0 Å². The number of rotatable bonds is 2. The van der Waals surface area contributed by atoms with Gasteiger partial charge >= 0.3 is 0 Å². The Morgan fingerprint density at radius 3 is 2.75 bits per heavy atom. The molecule has 0 saturated carbocycles. The van der Waals surface area contributed by atoms with Crippen LogP contribution >= 0.6 is 11.3 Å². The molecule has 2 fully saturated rings. The molecule has 106 valence electrons. The summed E-state index contributed by atoms with van der Waals surface area (Å²) in [6.45, 7) is 3.51. The van der Waals surface area contributed by atoms with Crippen LogP contribution in [-0.4, -0.2) is 42.6 Å². The summed E-state index contributed by atoms with van der Waals surface area (Å²) >= 11 is 1.72. The lowest BCUT2D eigenvalue weighted by Crippen LogP contribution is -2.38. The number of thiophene rings is 1. The molecular weight excluding hydrogens is 274 g/mol. The molecule has 0 aliphatic carbocycles. The Morgan fingerprint density at radius 2 is 1.95 bits per heavy atom. The van der Waals surface area contributed by atoms with Crippen molar-refractivity contribution in [2.45, 2.75) is 19.1 Å². The third kappa shape index (κ3) is 2.17. The molecule has 0 atom stereocenters. The Kier molecular flexibility index (Phi) is 3.29. The summed E-state index contributed by atoms with van der Waals surface area (Å²) in [7, 11) is 0. The second-order valence-electron chi connectivity index (χ2n) is 5.27. The first-order valence-electron chi connectivity index (χ1n) is 7.08. The van der Waals surface area contributed by atoms with Gasteiger partial charge in [0.25, 0.3) is 0 Å². The van der Waals surface area contributed by atoms with Gasteiger partial charge in [-0.25, -0.2) is 9.97 Å². The van der Waals surface area contributed by atoms with Gasteiger partial charge in [-0.1, -0.05) is 0 Å². The fourth-order valence-corrected chi connectivity index (χ4v) is 3.90. The first-order valence-corrected chi connectivity index (χ1v) is 7.96. The van der Waals surface area contributed by atoms with E-state index in [1.807, 2.05) is 0 Å². The third-order valence-corrected chi connectivity index (χ3v) is 5.00. The first kappa shape index (κ1) is 12.5. The largest absolute Gasteiger partial charge is 0.355 e. The maximum atomic E-state index is 5.63. The zero-order valence-electron chi connectivity index (χ0n) is 11.2. The van der Waals surface area contributed by atoms with Crippen molar-refractivity contribution >= 4 is 27.4 Å².